The second-order valence-corrected chi connectivity index (χ2v) is 5.44. The van der Waals surface area contributed by atoms with Gasteiger partial charge in [0.05, 0.1) is 10.2 Å². The number of hydrogen-bond donors (Lipinski definition) is 1. The van der Waals surface area contributed by atoms with Crippen LogP contribution in [-0.4, -0.2) is 9.97 Å². The van der Waals surface area contributed by atoms with Gasteiger partial charge < -0.3 is 5.32 Å². The van der Waals surface area contributed by atoms with Gasteiger partial charge in [-0.2, -0.15) is 0 Å². The maximum atomic E-state index is 5.90. The zero-order valence-corrected chi connectivity index (χ0v) is 12.8. The van der Waals surface area contributed by atoms with Crippen molar-refractivity contribution in [2.45, 2.75) is 6.92 Å². The smallest absolute Gasteiger partial charge is 0.149 e. The number of benzene rings is 1. The number of nitrogens with one attached hydrogen (secondary N) is 1. The van der Waals surface area contributed by atoms with Gasteiger partial charge >= 0.3 is 0 Å². The lowest BCUT2D eigenvalue weighted by Crippen LogP contribution is -1.97. The summed E-state index contributed by atoms with van der Waals surface area (Å²) in [6.45, 7) is 2.03. The summed E-state index contributed by atoms with van der Waals surface area (Å²) in [6, 6.07) is 6.02. The molecule has 17 heavy (non-hydrogen) atoms. The summed E-state index contributed by atoms with van der Waals surface area (Å²) >= 11 is 12.7. The van der Waals surface area contributed by atoms with Crippen molar-refractivity contribution in [3.05, 3.63) is 44.2 Å². The molecule has 0 bridgehead atoms. The SMILES string of the molecule is Cc1ccc(Nc2ncnc(Cl)c2Br)c(Br)c1. The molecule has 0 saturated heterocycles. The molecule has 0 aliphatic rings. The third kappa shape index (κ3) is 2.97. The Morgan fingerprint density at radius 1 is 1.24 bits per heavy atom. The molecule has 0 aliphatic heterocycles. The summed E-state index contributed by atoms with van der Waals surface area (Å²) in [5.74, 6) is 0.634. The van der Waals surface area contributed by atoms with Crippen molar-refractivity contribution in [3.63, 3.8) is 0 Å². The third-order valence-corrected chi connectivity index (χ3v) is 4.05. The minimum atomic E-state index is 0.380. The Morgan fingerprint density at radius 2 is 2.00 bits per heavy atom. The molecule has 6 heteroatoms. The molecule has 2 aromatic rings. The number of aryl methyl sites for hydroxylation is 1. The Morgan fingerprint density at radius 3 is 2.71 bits per heavy atom. The van der Waals surface area contributed by atoms with Crippen LogP contribution in [0.5, 0.6) is 0 Å². The molecule has 2 rings (SSSR count). The molecule has 1 aromatic heterocycles. The first-order chi connectivity index (χ1) is 8.08. The third-order valence-electron chi connectivity index (χ3n) is 2.12. The maximum absolute atomic E-state index is 5.90. The van der Waals surface area contributed by atoms with Crippen LogP contribution in [0.4, 0.5) is 11.5 Å². The number of halogens is 3. The van der Waals surface area contributed by atoms with Gasteiger partial charge in [0.1, 0.15) is 17.3 Å². The molecule has 0 aliphatic carbocycles. The summed E-state index contributed by atoms with van der Waals surface area (Å²) in [5.41, 5.74) is 2.10. The predicted octanol–water partition coefficient (Wildman–Crippen LogP) is 4.71. The van der Waals surface area contributed by atoms with Gasteiger partial charge in [0.2, 0.25) is 0 Å². The molecular weight excluding hydrogens is 369 g/mol. The molecule has 0 spiro atoms. The molecular formula is C11H8Br2ClN3. The van der Waals surface area contributed by atoms with Gasteiger partial charge in [0.25, 0.3) is 0 Å². The second kappa shape index (κ2) is 5.33. The van der Waals surface area contributed by atoms with E-state index in [-0.39, 0.29) is 0 Å². The van der Waals surface area contributed by atoms with Crippen LogP contribution in [-0.2, 0) is 0 Å². The molecule has 0 saturated carbocycles. The molecule has 0 radical (unpaired) electrons. The van der Waals surface area contributed by atoms with Crippen LogP contribution >= 0.6 is 43.5 Å². The molecule has 0 atom stereocenters. The number of rotatable bonds is 2. The van der Waals surface area contributed by atoms with Crippen molar-refractivity contribution in [2.75, 3.05) is 5.32 Å². The van der Waals surface area contributed by atoms with Crippen molar-refractivity contribution in [3.8, 4) is 0 Å². The number of nitrogens with zero attached hydrogens (tertiary/aromatic N) is 2. The number of anilines is 2. The summed E-state index contributed by atoms with van der Waals surface area (Å²) in [6.07, 6.45) is 1.41. The fourth-order valence-corrected chi connectivity index (χ4v) is 2.31. The van der Waals surface area contributed by atoms with E-state index in [0.29, 0.717) is 15.4 Å². The first-order valence-corrected chi connectivity index (χ1v) is 6.73. The van der Waals surface area contributed by atoms with Gasteiger partial charge in [0, 0.05) is 4.47 Å². The van der Waals surface area contributed by atoms with Crippen LogP contribution in [0.1, 0.15) is 5.56 Å². The highest BCUT2D eigenvalue weighted by molar-refractivity contribution is 9.11. The van der Waals surface area contributed by atoms with E-state index >= 15 is 0 Å². The van der Waals surface area contributed by atoms with Crippen LogP contribution in [0, 0.1) is 6.92 Å². The molecule has 88 valence electrons. The van der Waals surface area contributed by atoms with Gasteiger partial charge in [-0.05, 0) is 56.5 Å². The summed E-state index contributed by atoms with van der Waals surface area (Å²) in [5, 5.41) is 3.56. The number of hydrogen-bond acceptors (Lipinski definition) is 3. The lowest BCUT2D eigenvalue weighted by atomic mass is 10.2. The monoisotopic (exact) mass is 375 g/mol. The summed E-state index contributed by atoms with van der Waals surface area (Å²) in [7, 11) is 0. The molecule has 0 fully saturated rings. The van der Waals surface area contributed by atoms with E-state index in [2.05, 4.69) is 47.1 Å². The van der Waals surface area contributed by atoms with Crippen molar-refractivity contribution < 1.29 is 0 Å². The van der Waals surface area contributed by atoms with E-state index in [0.717, 1.165) is 10.2 Å². The predicted molar refractivity (Wildman–Crippen MR) is 76.9 cm³/mol. The normalized spacial score (nSPS) is 10.4. The molecule has 0 amide bonds. The molecule has 1 heterocycles. The van der Waals surface area contributed by atoms with Crippen LogP contribution in [0.15, 0.2) is 33.5 Å². The quantitative estimate of drug-likeness (QED) is 0.771. The van der Waals surface area contributed by atoms with E-state index in [1.807, 2.05) is 25.1 Å². The average Bonchev–Trinajstić information content (AvgIpc) is 2.28. The lowest BCUT2D eigenvalue weighted by molar-refractivity contribution is 1.15. The van der Waals surface area contributed by atoms with E-state index in [9.17, 15) is 0 Å². The van der Waals surface area contributed by atoms with Crippen molar-refractivity contribution in [1.82, 2.24) is 9.97 Å². The number of aromatic nitrogens is 2. The average molecular weight is 377 g/mol. The van der Waals surface area contributed by atoms with Crippen LogP contribution < -0.4 is 5.32 Å². The van der Waals surface area contributed by atoms with Crippen molar-refractivity contribution in [1.29, 1.82) is 0 Å². The summed E-state index contributed by atoms with van der Waals surface area (Å²) < 4.78 is 1.62. The zero-order chi connectivity index (χ0) is 12.4. The minimum absolute atomic E-state index is 0.380. The standard InChI is InChI=1S/C11H8Br2ClN3/c1-6-2-3-8(7(12)4-6)17-11-9(13)10(14)15-5-16-11/h2-5H,1H3,(H,15,16,17). The fraction of sp³-hybridized carbons (Fsp3) is 0.0909. The van der Waals surface area contributed by atoms with Crippen molar-refractivity contribution >= 4 is 55.0 Å². The van der Waals surface area contributed by atoms with E-state index in [1.165, 1.54) is 11.9 Å². The lowest BCUT2D eigenvalue weighted by Gasteiger charge is -2.10. The Labute approximate surface area is 121 Å². The Balaban J connectivity index is 2.35. The Hall–Kier alpha value is -0.650. The molecule has 0 unspecified atom stereocenters. The van der Waals surface area contributed by atoms with E-state index in [1.54, 1.807) is 0 Å². The second-order valence-electron chi connectivity index (χ2n) is 3.44. The van der Waals surface area contributed by atoms with Gasteiger partial charge in [0.15, 0.2) is 0 Å². The van der Waals surface area contributed by atoms with E-state index < -0.39 is 0 Å². The Bertz CT molecular complexity index is 560. The highest BCUT2D eigenvalue weighted by Crippen LogP contribution is 2.31. The van der Waals surface area contributed by atoms with Crippen LogP contribution in [0.25, 0.3) is 0 Å². The largest absolute Gasteiger partial charge is 0.338 e. The summed E-state index contributed by atoms with van der Waals surface area (Å²) in [4.78, 5) is 8.00. The highest BCUT2D eigenvalue weighted by Gasteiger charge is 2.08. The van der Waals surface area contributed by atoms with Gasteiger partial charge in [-0.3, -0.25) is 0 Å². The van der Waals surface area contributed by atoms with Gasteiger partial charge in [-0.25, -0.2) is 9.97 Å². The maximum Gasteiger partial charge on any atom is 0.149 e. The molecule has 1 N–H and O–H groups in total. The topological polar surface area (TPSA) is 37.8 Å². The first kappa shape index (κ1) is 12.8. The van der Waals surface area contributed by atoms with Crippen molar-refractivity contribution in [2.24, 2.45) is 0 Å². The zero-order valence-electron chi connectivity index (χ0n) is 8.84. The fourth-order valence-electron chi connectivity index (χ4n) is 1.28. The van der Waals surface area contributed by atoms with Gasteiger partial charge in [-0.15, -0.1) is 0 Å². The highest BCUT2D eigenvalue weighted by atomic mass is 79.9. The molecule has 3 nitrogen and oxygen atoms in total. The van der Waals surface area contributed by atoms with Crippen LogP contribution in [0.3, 0.4) is 0 Å². The van der Waals surface area contributed by atoms with Gasteiger partial charge in [-0.1, -0.05) is 17.7 Å². The first-order valence-electron chi connectivity index (χ1n) is 4.77. The minimum Gasteiger partial charge on any atom is -0.338 e. The Kier molecular flexibility index (Phi) is 4.01. The molecule has 1 aromatic carbocycles. The van der Waals surface area contributed by atoms with E-state index in [4.69, 9.17) is 11.6 Å². The van der Waals surface area contributed by atoms with Crippen LogP contribution in [0.2, 0.25) is 5.15 Å².